The van der Waals surface area contributed by atoms with Crippen molar-refractivity contribution in [1.29, 1.82) is 0 Å². The quantitative estimate of drug-likeness (QED) is 0.903. The van der Waals surface area contributed by atoms with Crippen molar-refractivity contribution in [3.8, 4) is 5.75 Å². The number of ether oxygens (including phenoxy) is 1. The molecular weight excluding hydrogens is 269 g/mol. The van der Waals surface area contributed by atoms with Crippen molar-refractivity contribution < 1.29 is 13.9 Å². The molecule has 21 heavy (non-hydrogen) atoms. The normalized spacial score (nSPS) is 10.5. The minimum Gasteiger partial charge on any atom is -0.481 e. The monoisotopic (exact) mass is 287 g/mol. The first kappa shape index (κ1) is 15.0. The fourth-order valence-corrected chi connectivity index (χ4v) is 1.88. The van der Waals surface area contributed by atoms with Crippen LogP contribution in [0.25, 0.3) is 0 Å². The summed E-state index contributed by atoms with van der Waals surface area (Å²) in [6.07, 6.45) is 0. The number of rotatable bonds is 5. The molecule has 2 rings (SSSR count). The van der Waals surface area contributed by atoms with Crippen LogP contribution in [0, 0.1) is 5.82 Å². The van der Waals surface area contributed by atoms with Crippen LogP contribution in [0.5, 0.6) is 5.75 Å². The number of amides is 1. The van der Waals surface area contributed by atoms with E-state index in [4.69, 9.17) is 4.74 Å². The Labute approximate surface area is 123 Å². The zero-order chi connectivity index (χ0) is 15.2. The second-order valence-corrected chi connectivity index (χ2v) is 5.05. The van der Waals surface area contributed by atoms with Gasteiger partial charge < -0.3 is 10.1 Å². The van der Waals surface area contributed by atoms with Gasteiger partial charge in [-0.3, -0.25) is 4.79 Å². The van der Waals surface area contributed by atoms with Crippen molar-refractivity contribution >= 4 is 11.6 Å². The second kappa shape index (κ2) is 6.88. The van der Waals surface area contributed by atoms with Gasteiger partial charge in [0.15, 0.2) is 18.2 Å². The number of benzene rings is 2. The number of nitrogens with one attached hydrogen (secondary N) is 1. The molecule has 0 fully saturated rings. The summed E-state index contributed by atoms with van der Waals surface area (Å²) in [5, 5.41) is 2.74. The first-order valence-corrected chi connectivity index (χ1v) is 6.83. The summed E-state index contributed by atoms with van der Waals surface area (Å²) in [6.45, 7) is 3.94. The molecule has 3 nitrogen and oxygen atoms in total. The van der Waals surface area contributed by atoms with E-state index in [1.165, 1.54) is 12.1 Å². The smallest absolute Gasteiger partial charge is 0.262 e. The van der Waals surface area contributed by atoms with E-state index in [1.54, 1.807) is 12.1 Å². The molecule has 0 aliphatic heterocycles. The topological polar surface area (TPSA) is 38.3 Å². The van der Waals surface area contributed by atoms with Gasteiger partial charge in [-0.1, -0.05) is 38.1 Å². The lowest BCUT2D eigenvalue weighted by Gasteiger charge is -2.10. The molecule has 0 atom stereocenters. The number of carbonyl (C=O) groups excluding carboxylic acids is 1. The SMILES string of the molecule is CC(C)c1cccc(NC(=O)COc2ccccc2F)c1. The van der Waals surface area contributed by atoms with E-state index < -0.39 is 5.82 Å². The van der Waals surface area contributed by atoms with Crippen molar-refractivity contribution in [2.75, 3.05) is 11.9 Å². The zero-order valence-electron chi connectivity index (χ0n) is 12.1. The highest BCUT2D eigenvalue weighted by Gasteiger charge is 2.07. The Hall–Kier alpha value is -2.36. The molecule has 1 amide bonds. The Kier molecular flexibility index (Phi) is 4.93. The number of anilines is 1. The van der Waals surface area contributed by atoms with Crippen molar-refractivity contribution in [3.63, 3.8) is 0 Å². The van der Waals surface area contributed by atoms with Crippen molar-refractivity contribution in [3.05, 3.63) is 59.9 Å². The molecule has 0 spiro atoms. The maximum absolute atomic E-state index is 13.4. The molecule has 0 heterocycles. The number of para-hydroxylation sites is 1. The van der Waals surface area contributed by atoms with E-state index in [2.05, 4.69) is 19.2 Å². The van der Waals surface area contributed by atoms with Gasteiger partial charge in [0, 0.05) is 5.69 Å². The van der Waals surface area contributed by atoms with Gasteiger partial charge in [-0.2, -0.15) is 0 Å². The van der Waals surface area contributed by atoms with Gasteiger partial charge in [0.2, 0.25) is 0 Å². The van der Waals surface area contributed by atoms with Gasteiger partial charge in [0.1, 0.15) is 0 Å². The van der Waals surface area contributed by atoms with Crippen LogP contribution in [0.4, 0.5) is 10.1 Å². The van der Waals surface area contributed by atoms with E-state index >= 15 is 0 Å². The average molecular weight is 287 g/mol. The molecule has 0 aliphatic rings. The number of halogens is 1. The molecule has 0 aromatic heterocycles. The first-order chi connectivity index (χ1) is 10.1. The third kappa shape index (κ3) is 4.31. The highest BCUT2D eigenvalue weighted by atomic mass is 19.1. The summed E-state index contributed by atoms with van der Waals surface area (Å²) >= 11 is 0. The van der Waals surface area contributed by atoms with Crippen LogP contribution in [0.15, 0.2) is 48.5 Å². The average Bonchev–Trinajstić information content (AvgIpc) is 2.46. The molecule has 0 saturated heterocycles. The Bertz CT molecular complexity index is 626. The standard InChI is InChI=1S/C17H18FNO2/c1-12(2)13-6-5-7-14(10-13)19-17(20)11-21-16-9-4-3-8-15(16)18/h3-10,12H,11H2,1-2H3,(H,19,20). The highest BCUT2D eigenvalue weighted by molar-refractivity contribution is 5.91. The zero-order valence-corrected chi connectivity index (χ0v) is 12.1. The Balaban J connectivity index is 1.93. The summed E-state index contributed by atoms with van der Waals surface area (Å²) in [5.41, 5.74) is 1.85. The van der Waals surface area contributed by atoms with Crippen LogP contribution >= 0.6 is 0 Å². The van der Waals surface area contributed by atoms with Crippen LogP contribution < -0.4 is 10.1 Å². The molecular formula is C17H18FNO2. The summed E-state index contributed by atoms with van der Waals surface area (Å²) in [5.74, 6) is -0.341. The summed E-state index contributed by atoms with van der Waals surface area (Å²) in [6, 6.07) is 13.6. The molecule has 1 N–H and O–H groups in total. The van der Waals surface area contributed by atoms with E-state index in [0.29, 0.717) is 11.6 Å². The van der Waals surface area contributed by atoms with Crippen LogP contribution in [0.3, 0.4) is 0 Å². The third-order valence-corrected chi connectivity index (χ3v) is 3.03. The summed E-state index contributed by atoms with van der Waals surface area (Å²) < 4.78 is 18.5. The largest absolute Gasteiger partial charge is 0.481 e. The fraction of sp³-hybridized carbons (Fsp3) is 0.235. The minimum atomic E-state index is -0.480. The summed E-state index contributed by atoms with van der Waals surface area (Å²) in [4.78, 5) is 11.8. The van der Waals surface area contributed by atoms with Crippen molar-refractivity contribution in [2.24, 2.45) is 0 Å². The minimum absolute atomic E-state index is 0.0728. The fourth-order valence-electron chi connectivity index (χ4n) is 1.88. The Morgan fingerprint density at radius 1 is 1.19 bits per heavy atom. The third-order valence-electron chi connectivity index (χ3n) is 3.03. The van der Waals surface area contributed by atoms with Gasteiger partial charge >= 0.3 is 0 Å². The van der Waals surface area contributed by atoms with Crippen LogP contribution in [-0.2, 0) is 4.79 Å². The van der Waals surface area contributed by atoms with E-state index in [1.807, 2.05) is 24.3 Å². The molecule has 2 aromatic carbocycles. The summed E-state index contributed by atoms with van der Waals surface area (Å²) in [7, 11) is 0. The Morgan fingerprint density at radius 2 is 1.95 bits per heavy atom. The maximum atomic E-state index is 13.4. The molecule has 110 valence electrons. The van der Waals surface area contributed by atoms with Crippen LogP contribution in [0.1, 0.15) is 25.3 Å². The molecule has 0 radical (unpaired) electrons. The van der Waals surface area contributed by atoms with Gasteiger partial charge in [0.25, 0.3) is 5.91 Å². The van der Waals surface area contributed by atoms with E-state index in [-0.39, 0.29) is 18.3 Å². The Morgan fingerprint density at radius 3 is 2.67 bits per heavy atom. The van der Waals surface area contributed by atoms with Crippen LogP contribution in [-0.4, -0.2) is 12.5 Å². The second-order valence-electron chi connectivity index (χ2n) is 5.05. The molecule has 0 bridgehead atoms. The molecule has 2 aromatic rings. The highest BCUT2D eigenvalue weighted by Crippen LogP contribution is 2.19. The number of hydrogen-bond acceptors (Lipinski definition) is 2. The number of carbonyl (C=O) groups is 1. The number of hydrogen-bond donors (Lipinski definition) is 1. The van der Waals surface area contributed by atoms with E-state index in [0.717, 1.165) is 5.56 Å². The van der Waals surface area contributed by atoms with Crippen molar-refractivity contribution in [1.82, 2.24) is 0 Å². The van der Waals surface area contributed by atoms with Crippen molar-refractivity contribution in [2.45, 2.75) is 19.8 Å². The molecule has 4 heteroatoms. The van der Waals surface area contributed by atoms with Gasteiger partial charge in [-0.05, 0) is 35.7 Å². The maximum Gasteiger partial charge on any atom is 0.262 e. The van der Waals surface area contributed by atoms with E-state index in [9.17, 15) is 9.18 Å². The lowest BCUT2D eigenvalue weighted by atomic mass is 10.0. The van der Waals surface area contributed by atoms with Gasteiger partial charge in [-0.25, -0.2) is 4.39 Å². The predicted molar refractivity (Wildman–Crippen MR) is 81.1 cm³/mol. The lowest BCUT2D eigenvalue weighted by Crippen LogP contribution is -2.20. The molecule has 0 saturated carbocycles. The van der Waals surface area contributed by atoms with Gasteiger partial charge in [-0.15, -0.1) is 0 Å². The predicted octanol–water partition coefficient (Wildman–Crippen LogP) is 3.97. The molecule has 0 aliphatic carbocycles. The molecule has 0 unspecified atom stereocenters. The van der Waals surface area contributed by atoms with Gasteiger partial charge in [0.05, 0.1) is 0 Å². The lowest BCUT2D eigenvalue weighted by molar-refractivity contribution is -0.118. The first-order valence-electron chi connectivity index (χ1n) is 6.83. The van der Waals surface area contributed by atoms with Crippen LogP contribution in [0.2, 0.25) is 0 Å².